The number of nitrogens with zero attached hydrogens (tertiary/aromatic N) is 1. The number of oxazole rings is 1. The van der Waals surface area contributed by atoms with Gasteiger partial charge in [-0.05, 0) is 35.9 Å². The van der Waals surface area contributed by atoms with Crippen molar-refractivity contribution in [1.29, 1.82) is 0 Å². The van der Waals surface area contributed by atoms with E-state index in [2.05, 4.69) is 10.3 Å². The second kappa shape index (κ2) is 7.19. The summed E-state index contributed by atoms with van der Waals surface area (Å²) in [6, 6.07) is 14.6. The summed E-state index contributed by atoms with van der Waals surface area (Å²) in [7, 11) is 1.59. The van der Waals surface area contributed by atoms with Crippen molar-refractivity contribution in [2.45, 2.75) is 6.54 Å². The number of carbonyl (C=O) groups excluding carboxylic acids is 1. The van der Waals surface area contributed by atoms with Crippen LogP contribution in [0.2, 0.25) is 5.02 Å². The number of nitrogens with one attached hydrogen (secondary N) is 1. The number of methoxy groups -OCH3 is 1. The minimum atomic E-state index is -0.325. The van der Waals surface area contributed by atoms with Crippen LogP contribution in [0.4, 0.5) is 0 Å². The Labute approximate surface area is 144 Å². The lowest BCUT2D eigenvalue weighted by Gasteiger charge is -2.07. The molecule has 0 radical (unpaired) electrons. The van der Waals surface area contributed by atoms with Gasteiger partial charge in [-0.3, -0.25) is 4.79 Å². The smallest absolute Gasteiger partial charge is 0.274 e. The monoisotopic (exact) mass is 342 g/mol. The number of hydrogen-bond acceptors (Lipinski definition) is 4. The molecule has 0 saturated heterocycles. The van der Waals surface area contributed by atoms with E-state index in [4.69, 9.17) is 20.8 Å². The highest BCUT2D eigenvalue weighted by molar-refractivity contribution is 6.31. The van der Waals surface area contributed by atoms with Crippen LogP contribution in [0, 0.1) is 0 Å². The fourth-order valence-electron chi connectivity index (χ4n) is 2.26. The van der Waals surface area contributed by atoms with Crippen LogP contribution in [-0.2, 0) is 6.54 Å². The average molecular weight is 343 g/mol. The third kappa shape index (κ3) is 3.41. The van der Waals surface area contributed by atoms with Gasteiger partial charge in [-0.25, -0.2) is 4.98 Å². The van der Waals surface area contributed by atoms with Crippen molar-refractivity contribution < 1.29 is 13.9 Å². The van der Waals surface area contributed by atoms with E-state index in [0.29, 0.717) is 17.3 Å². The molecule has 6 heteroatoms. The third-order valence-electron chi connectivity index (χ3n) is 3.53. The Morgan fingerprint density at radius 3 is 2.67 bits per heavy atom. The number of amides is 1. The van der Waals surface area contributed by atoms with E-state index in [-0.39, 0.29) is 11.6 Å². The third-order valence-corrected chi connectivity index (χ3v) is 3.90. The van der Waals surface area contributed by atoms with E-state index in [9.17, 15) is 4.79 Å². The molecule has 0 saturated carbocycles. The lowest BCUT2D eigenvalue weighted by atomic mass is 10.1. The van der Waals surface area contributed by atoms with Crippen LogP contribution < -0.4 is 10.1 Å². The summed E-state index contributed by atoms with van der Waals surface area (Å²) in [5.41, 5.74) is 1.81. The molecule has 1 N–H and O–H groups in total. The first-order chi connectivity index (χ1) is 11.7. The average Bonchev–Trinajstić information content (AvgIpc) is 3.10. The summed E-state index contributed by atoms with van der Waals surface area (Å²) in [5.74, 6) is 0.812. The Morgan fingerprint density at radius 1 is 1.21 bits per heavy atom. The van der Waals surface area contributed by atoms with E-state index >= 15 is 0 Å². The molecule has 3 rings (SSSR count). The highest BCUT2D eigenvalue weighted by Gasteiger charge is 2.18. The number of ether oxygens (including phenoxy) is 1. The van der Waals surface area contributed by atoms with Crippen LogP contribution in [0.25, 0.3) is 11.3 Å². The fourth-order valence-corrected chi connectivity index (χ4v) is 2.46. The molecule has 5 nitrogen and oxygen atoms in total. The predicted octanol–water partition coefficient (Wildman–Crippen LogP) is 3.93. The first kappa shape index (κ1) is 16.1. The molecular formula is C18H15ClN2O3. The van der Waals surface area contributed by atoms with Crippen LogP contribution in [0.1, 0.15) is 16.1 Å². The number of halogens is 1. The van der Waals surface area contributed by atoms with E-state index in [1.807, 2.05) is 30.3 Å². The second-order valence-corrected chi connectivity index (χ2v) is 5.44. The molecule has 0 fully saturated rings. The van der Waals surface area contributed by atoms with Crippen molar-refractivity contribution in [2.75, 3.05) is 7.11 Å². The minimum absolute atomic E-state index is 0.229. The van der Waals surface area contributed by atoms with E-state index < -0.39 is 0 Å². The molecule has 1 heterocycles. The zero-order valence-electron chi connectivity index (χ0n) is 13.0. The van der Waals surface area contributed by atoms with Gasteiger partial charge in [0.2, 0.25) is 0 Å². The van der Waals surface area contributed by atoms with Crippen LogP contribution in [-0.4, -0.2) is 18.0 Å². The van der Waals surface area contributed by atoms with Gasteiger partial charge < -0.3 is 14.5 Å². The summed E-state index contributed by atoms with van der Waals surface area (Å²) >= 11 is 6.09. The van der Waals surface area contributed by atoms with Crippen LogP contribution in [0.15, 0.2) is 59.3 Å². The first-order valence-corrected chi connectivity index (χ1v) is 7.66. The molecule has 24 heavy (non-hydrogen) atoms. The maximum absolute atomic E-state index is 12.4. The lowest BCUT2D eigenvalue weighted by molar-refractivity contribution is 0.0947. The largest absolute Gasteiger partial charge is 0.497 e. The molecule has 0 aliphatic rings. The molecular weight excluding hydrogens is 328 g/mol. The zero-order valence-corrected chi connectivity index (χ0v) is 13.7. The van der Waals surface area contributed by atoms with E-state index in [0.717, 1.165) is 16.9 Å². The van der Waals surface area contributed by atoms with Gasteiger partial charge in [-0.1, -0.05) is 29.8 Å². The van der Waals surface area contributed by atoms with Crippen LogP contribution in [0.5, 0.6) is 5.75 Å². The molecule has 0 aliphatic carbocycles. The van der Waals surface area contributed by atoms with Crippen molar-refractivity contribution in [3.63, 3.8) is 0 Å². The first-order valence-electron chi connectivity index (χ1n) is 7.28. The van der Waals surface area contributed by atoms with Gasteiger partial charge >= 0.3 is 0 Å². The summed E-state index contributed by atoms with van der Waals surface area (Å²) in [5, 5.41) is 3.41. The number of rotatable bonds is 5. The topological polar surface area (TPSA) is 64.4 Å². The summed E-state index contributed by atoms with van der Waals surface area (Å²) in [6.07, 6.45) is 1.25. The van der Waals surface area contributed by atoms with Gasteiger partial charge in [0, 0.05) is 17.1 Å². The molecule has 0 atom stereocenters. The van der Waals surface area contributed by atoms with Gasteiger partial charge in [0.15, 0.2) is 17.8 Å². The normalized spacial score (nSPS) is 10.4. The Kier molecular flexibility index (Phi) is 4.82. The minimum Gasteiger partial charge on any atom is -0.497 e. The van der Waals surface area contributed by atoms with Gasteiger partial charge in [0.05, 0.1) is 7.11 Å². The highest BCUT2D eigenvalue weighted by atomic mass is 35.5. The van der Waals surface area contributed by atoms with Crippen molar-refractivity contribution in [2.24, 2.45) is 0 Å². The fraction of sp³-hybridized carbons (Fsp3) is 0.111. The highest BCUT2D eigenvalue weighted by Crippen LogP contribution is 2.25. The second-order valence-electron chi connectivity index (χ2n) is 5.03. The quantitative estimate of drug-likeness (QED) is 0.763. The molecule has 1 aromatic heterocycles. The molecule has 0 aliphatic heterocycles. The number of aromatic nitrogens is 1. The zero-order chi connectivity index (χ0) is 16.9. The maximum atomic E-state index is 12.4. The molecule has 1 amide bonds. The predicted molar refractivity (Wildman–Crippen MR) is 91.1 cm³/mol. The van der Waals surface area contributed by atoms with Crippen molar-refractivity contribution in [3.05, 3.63) is 71.2 Å². The molecule has 0 bridgehead atoms. The summed E-state index contributed by atoms with van der Waals surface area (Å²) in [4.78, 5) is 16.4. The van der Waals surface area contributed by atoms with Crippen molar-refractivity contribution in [1.82, 2.24) is 10.3 Å². The molecule has 0 unspecified atom stereocenters. The summed E-state index contributed by atoms with van der Waals surface area (Å²) < 4.78 is 10.5. The van der Waals surface area contributed by atoms with Gasteiger partial charge in [-0.15, -0.1) is 0 Å². The molecule has 122 valence electrons. The van der Waals surface area contributed by atoms with E-state index in [1.165, 1.54) is 6.39 Å². The Balaban J connectivity index is 1.76. The SMILES string of the molecule is COc1ccc(-c2ocnc2C(=O)NCc2ccccc2Cl)cc1. The number of benzene rings is 2. The van der Waals surface area contributed by atoms with Crippen LogP contribution in [0.3, 0.4) is 0 Å². The molecule has 0 spiro atoms. The van der Waals surface area contributed by atoms with Gasteiger partial charge in [-0.2, -0.15) is 0 Å². The van der Waals surface area contributed by atoms with Gasteiger partial charge in [0.25, 0.3) is 5.91 Å². The van der Waals surface area contributed by atoms with E-state index in [1.54, 1.807) is 25.3 Å². The number of carbonyl (C=O) groups is 1. The van der Waals surface area contributed by atoms with Crippen molar-refractivity contribution >= 4 is 17.5 Å². The summed E-state index contributed by atoms with van der Waals surface area (Å²) in [6.45, 7) is 0.313. The lowest BCUT2D eigenvalue weighted by Crippen LogP contribution is -2.23. The van der Waals surface area contributed by atoms with Gasteiger partial charge in [0.1, 0.15) is 5.75 Å². The molecule has 3 aromatic rings. The Hall–Kier alpha value is -2.79. The molecule has 2 aromatic carbocycles. The maximum Gasteiger partial charge on any atom is 0.274 e. The Morgan fingerprint density at radius 2 is 1.96 bits per heavy atom. The standard InChI is InChI=1S/C18H15ClN2O3/c1-23-14-8-6-12(7-9-14)17-16(21-11-24-17)18(22)20-10-13-4-2-3-5-15(13)19/h2-9,11H,10H2,1H3,(H,20,22). The Bertz CT molecular complexity index is 843. The van der Waals surface area contributed by atoms with Crippen LogP contribution >= 0.6 is 11.6 Å². The van der Waals surface area contributed by atoms with Crippen molar-refractivity contribution in [3.8, 4) is 17.1 Å². The number of hydrogen-bond donors (Lipinski definition) is 1.